The molecule has 100 valence electrons. The molecule has 0 saturated heterocycles. The van der Waals surface area contributed by atoms with Crippen LogP contribution in [0.4, 0.5) is 0 Å². The number of aromatic nitrogens is 3. The molecule has 0 unspecified atom stereocenters. The molecule has 0 aliphatic rings. The molecule has 1 amide bonds. The maximum absolute atomic E-state index is 11.4. The Balaban J connectivity index is 1.90. The highest BCUT2D eigenvalue weighted by atomic mass is 16.4. The standard InChI is InChI=1S/C13H16N4O2/c1-9(2)12(18)15-8-6-11-16-17-13(19-11)10-5-3-4-7-14-10/h3-5,7,9H,6,8H2,1-2H3,(H,15,18). The van der Waals surface area contributed by atoms with E-state index in [0.717, 1.165) is 0 Å². The fourth-order valence-corrected chi connectivity index (χ4v) is 1.44. The summed E-state index contributed by atoms with van der Waals surface area (Å²) in [7, 11) is 0. The van der Waals surface area contributed by atoms with Crippen LogP contribution in [0.2, 0.25) is 0 Å². The van der Waals surface area contributed by atoms with Crippen molar-refractivity contribution in [2.24, 2.45) is 5.92 Å². The van der Waals surface area contributed by atoms with E-state index in [1.807, 2.05) is 26.0 Å². The van der Waals surface area contributed by atoms with Gasteiger partial charge in [0.1, 0.15) is 5.69 Å². The van der Waals surface area contributed by atoms with E-state index in [1.165, 1.54) is 0 Å². The highest BCUT2D eigenvalue weighted by molar-refractivity contribution is 5.77. The van der Waals surface area contributed by atoms with Crippen molar-refractivity contribution < 1.29 is 9.21 Å². The van der Waals surface area contributed by atoms with Gasteiger partial charge in [0.05, 0.1) is 0 Å². The second kappa shape index (κ2) is 6.08. The van der Waals surface area contributed by atoms with Gasteiger partial charge in [0.25, 0.3) is 5.89 Å². The smallest absolute Gasteiger partial charge is 0.266 e. The predicted molar refractivity (Wildman–Crippen MR) is 69.1 cm³/mol. The van der Waals surface area contributed by atoms with E-state index in [9.17, 15) is 4.79 Å². The van der Waals surface area contributed by atoms with Crippen LogP contribution >= 0.6 is 0 Å². The molecule has 6 heteroatoms. The second-order valence-corrected chi connectivity index (χ2v) is 4.41. The van der Waals surface area contributed by atoms with Crippen LogP contribution in [0, 0.1) is 5.92 Å². The van der Waals surface area contributed by atoms with Gasteiger partial charge in [-0.1, -0.05) is 19.9 Å². The van der Waals surface area contributed by atoms with Crippen LogP contribution in [0.5, 0.6) is 0 Å². The van der Waals surface area contributed by atoms with Crippen molar-refractivity contribution in [2.75, 3.05) is 6.54 Å². The van der Waals surface area contributed by atoms with E-state index in [1.54, 1.807) is 12.3 Å². The van der Waals surface area contributed by atoms with E-state index < -0.39 is 0 Å². The molecule has 6 nitrogen and oxygen atoms in total. The minimum Gasteiger partial charge on any atom is -0.419 e. The number of amides is 1. The molecule has 0 radical (unpaired) electrons. The van der Waals surface area contributed by atoms with Gasteiger partial charge in [-0.25, -0.2) is 0 Å². The monoisotopic (exact) mass is 260 g/mol. The Morgan fingerprint density at radius 1 is 1.37 bits per heavy atom. The van der Waals surface area contributed by atoms with Gasteiger partial charge in [-0.3, -0.25) is 9.78 Å². The van der Waals surface area contributed by atoms with E-state index >= 15 is 0 Å². The van der Waals surface area contributed by atoms with Gasteiger partial charge in [-0.05, 0) is 12.1 Å². The minimum atomic E-state index is -0.0215. The number of hydrogen-bond acceptors (Lipinski definition) is 5. The molecule has 0 fully saturated rings. The molecule has 0 aromatic carbocycles. The number of nitrogens with zero attached hydrogens (tertiary/aromatic N) is 3. The van der Waals surface area contributed by atoms with Crippen molar-refractivity contribution in [3.05, 3.63) is 30.3 Å². The van der Waals surface area contributed by atoms with Gasteiger partial charge in [0, 0.05) is 25.1 Å². The van der Waals surface area contributed by atoms with E-state index in [4.69, 9.17) is 4.42 Å². The molecular formula is C13H16N4O2. The van der Waals surface area contributed by atoms with Crippen molar-refractivity contribution >= 4 is 5.91 Å². The average Bonchev–Trinajstić information content (AvgIpc) is 2.88. The summed E-state index contributed by atoms with van der Waals surface area (Å²) < 4.78 is 5.48. The molecule has 1 N–H and O–H groups in total. The lowest BCUT2D eigenvalue weighted by Gasteiger charge is -2.05. The topological polar surface area (TPSA) is 80.9 Å². The first-order valence-corrected chi connectivity index (χ1v) is 6.18. The molecule has 2 aromatic heterocycles. The van der Waals surface area contributed by atoms with Gasteiger partial charge < -0.3 is 9.73 Å². The zero-order chi connectivity index (χ0) is 13.7. The highest BCUT2D eigenvalue weighted by Gasteiger charge is 2.10. The molecule has 0 saturated carbocycles. The molecule has 0 spiro atoms. The molecule has 19 heavy (non-hydrogen) atoms. The summed E-state index contributed by atoms with van der Waals surface area (Å²) in [5.41, 5.74) is 0.646. The van der Waals surface area contributed by atoms with Gasteiger partial charge in [0.2, 0.25) is 11.8 Å². The second-order valence-electron chi connectivity index (χ2n) is 4.41. The molecule has 0 atom stereocenters. The Hall–Kier alpha value is -2.24. The lowest BCUT2D eigenvalue weighted by atomic mass is 10.2. The third-order valence-corrected chi connectivity index (χ3v) is 2.51. The Bertz CT molecular complexity index is 537. The first-order valence-electron chi connectivity index (χ1n) is 6.18. The van der Waals surface area contributed by atoms with Crippen LogP contribution in [-0.4, -0.2) is 27.6 Å². The van der Waals surface area contributed by atoms with Gasteiger partial charge >= 0.3 is 0 Å². The predicted octanol–water partition coefficient (Wildman–Crippen LogP) is 1.45. The summed E-state index contributed by atoms with van der Waals surface area (Å²) in [5.74, 6) is 0.881. The number of carbonyl (C=O) groups is 1. The Kier molecular flexibility index (Phi) is 4.22. The highest BCUT2D eigenvalue weighted by Crippen LogP contribution is 2.14. The third-order valence-electron chi connectivity index (χ3n) is 2.51. The summed E-state index contributed by atoms with van der Waals surface area (Å²) in [6.07, 6.45) is 2.18. The Morgan fingerprint density at radius 3 is 2.89 bits per heavy atom. The maximum Gasteiger partial charge on any atom is 0.266 e. The average molecular weight is 260 g/mol. The van der Waals surface area contributed by atoms with Gasteiger partial charge in [-0.2, -0.15) is 0 Å². The fourth-order valence-electron chi connectivity index (χ4n) is 1.44. The number of rotatable bonds is 5. The van der Waals surface area contributed by atoms with Crippen LogP contribution < -0.4 is 5.32 Å². The summed E-state index contributed by atoms with van der Waals surface area (Å²) in [4.78, 5) is 15.5. The molecule has 0 bridgehead atoms. The van der Waals surface area contributed by atoms with Crippen molar-refractivity contribution in [3.63, 3.8) is 0 Å². The quantitative estimate of drug-likeness (QED) is 0.879. The van der Waals surface area contributed by atoms with E-state index in [0.29, 0.717) is 30.4 Å². The van der Waals surface area contributed by atoms with Crippen LogP contribution in [0.25, 0.3) is 11.6 Å². The van der Waals surface area contributed by atoms with Crippen LogP contribution in [0.3, 0.4) is 0 Å². The molecule has 2 rings (SSSR count). The number of nitrogens with one attached hydrogen (secondary N) is 1. The van der Waals surface area contributed by atoms with Crippen molar-refractivity contribution in [3.8, 4) is 11.6 Å². The lowest BCUT2D eigenvalue weighted by Crippen LogP contribution is -2.29. The SMILES string of the molecule is CC(C)C(=O)NCCc1nnc(-c2ccccn2)o1. The van der Waals surface area contributed by atoms with Gasteiger partial charge in [-0.15, -0.1) is 10.2 Å². The van der Waals surface area contributed by atoms with Crippen LogP contribution in [0.1, 0.15) is 19.7 Å². The number of pyridine rings is 1. The van der Waals surface area contributed by atoms with Crippen molar-refractivity contribution in [1.29, 1.82) is 0 Å². The lowest BCUT2D eigenvalue weighted by molar-refractivity contribution is -0.123. The largest absolute Gasteiger partial charge is 0.419 e. The number of hydrogen-bond donors (Lipinski definition) is 1. The first kappa shape index (κ1) is 13.2. The summed E-state index contributed by atoms with van der Waals surface area (Å²) in [6.45, 7) is 4.18. The Morgan fingerprint density at radius 2 is 2.21 bits per heavy atom. The Labute approximate surface area is 111 Å². The summed E-state index contributed by atoms with van der Waals surface area (Å²) >= 11 is 0. The molecule has 2 aromatic rings. The first-order chi connectivity index (χ1) is 9.16. The maximum atomic E-state index is 11.4. The van der Waals surface area contributed by atoms with Crippen LogP contribution in [-0.2, 0) is 11.2 Å². The fraction of sp³-hybridized carbons (Fsp3) is 0.385. The van der Waals surface area contributed by atoms with E-state index in [2.05, 4.69) is 20.5 Å². The molecule has 0 aliphatic heterocycles. The van der Waals surface area contributed by atoms with Gasteiger partial charge in [0.15, 0.2) is 0 Å². The zero-order valence-corrected chi connectivity index (χ0v) is 11.0. The van der Waals surface area contributed by atoms with Crippen LogP contribution in [0.15, 0.2) is 28.8 Å². The summed E-state index contributed by atoms with van der Waals surface area (Å²) in [5, 5.41) is 10.7. The van der Waals surface area contributed by atoms with Crippen molar-refractivity contribution in [1.82, 2.24) is 20.5 Å². The van der Waals surface area contributed by atoms with Crippen molar-refractivity contribution in [2.45, 2.75) is 20.3 Å². The van der Waals surface area contributed by atoms with E-state index in [-0.39, 0.29) is 11.8 Å². The molecule has 2 heterocycles. The summed E-state index contributed by atoms with van der Waals surface area (Å²) in [6, 6.07) is 5.48. The zero-order valence-electron chi connectivity index (χ0n) is 11.0. The molecular weight excluding hydrogens is 244 g/mol. The minimum absolute atomic E-state index is 0.0180. The number of carbonyl (C=O) groups excluding carboxylic acids is 1. The normalized spacial score (nSPS) is 10.7. The third kappa shape index (κ3) is 3.61. The molecule has 0 aliphatic carbocycles.